The second-order valence-corrected chi connectivity index (χ2v) is 5.05. The van der Waals surface area contributed by atoms with Gasteiger partial charge in [0.25, 0.3) is 0 Å². The standard InChI is InChI=1S/C13H26N2O2/c1-4-5-10(2)15-13(16)8-14-11(3)12-6-7-17-9-12/h10-12,14H,4-9H2,1-3H3,(H,15,16). The molecule has 1 aliphatic rings. The lowest BCUT2D eigenvalue weighted by atomic mass is 10.0. The SMILES string of the molecule is CCCC(C)NC(=O)CNC(C)C1CCOC1. The molecule has 0 aliphatic carbocycles. The van der Waals surface area contributed by atoms with Crippen LogP contribution in [-0.2, 0) is 9.53 Å². The molecule has 1 saturated heterocycles. The number of carbonyl (C=O) groups excluding carboxylic acids is 1. The van der Waals surface area contributed by atoms with Gasteiger partial charge >= 0.3 is 0 Å². The van der Waals surface area contributed by atoms with Gasteiger partial charge in [0, 0.05) is 18.7 Å². The third-order valence-corrected chi connectivity index (χ3v) is 3.39. The predicted molar refractivity (Wildman–Crippen MR) is 68.9 cm³/mol. The molecule has 4 nitrogen and oxygen atoms in total. The van der Waals surface area contributed by atoms with Gasteiger partial charge in [0.15, 0.2) is 0 Å². The van der Waals surface area contributed by atoms with Gasteiger partial charge < -0.3 is 15.4 Å². The summed E-state index contributed by atoms with van der Waals surface area (Å²) >= 11 is 0. The maximum atomic E-state index is 11.6. The molecule has 3 unspecified atom stereocenters. The van der Waals surface area contributed by atoms with Crippen molar-refractivity contribution in [1.29, 1.82) is 0 Å². The second-order valence-electron chi connectivity index (χ2n) is 5.05. The largest absolute Gasteiger partial charge is 0.381 e. The summed E-state index contributed by atoms with van der Waals surface area (Å²) in [6.45, 7) is 8.39. The lowest BCUT2D eigenvalue weighted by Gasteiger charge is -2.20. The molecular weight excluding hydrogens is 216 g/mol. The van der Waals surface area contributed by atoms with Crippen LogP contribution in [0.4, 0.5) is 0 Å². The lowest BCUT2D eigenvalue weighted by molar-refractivity contribution is -0.121. The molecule has 0 aromatic rings. The minimum absolute atomic E-state index is 0.0942. The fourth-order valence-electron chi connectivity index (χ4n) is 2.20. The molecule has 0 saturated carbocycles. The molecule has 100 valence electrons. The van der Waals surface area contributed by atoms with Gasteiger partial charge in [0.05, 0.1) is 13.2 Å². The van der Waals surface area contributed by atoms with Crippen molar-refractivity contribution in [3.63, 3.8) is 0 Å². The number of carbonyl (C=O) groups is 1. The summed E-state index contributed by atoms with van der Waals surface area (Å²) in [5.74, 6) is 0.646. The Balaban J connectivity index is 2.14. The Morgan fingerprint density at radius 1 is 1.47 bits per heavy atom. The van der Waals surface area contributed by atoms with E-state index in [0.717, 1.165) is 32.5 Å². The van der Waals surface area contributed by atoms with Gasteiger partial charge in [-0.1, -0.05) is 13.3 Å². The highest BCUT2D eigenvalue weighted by Crippen LogP contribution is 2.15. The Labute approximate surface area is 104 Å². The molecule has 1 amide bonds. The van der Waals surface area contributed by atoms with Gasteiger partial charge in [-0.15, -0.1) is 0 Å². The predicted octanol–water partition coefficient (Wildman–Crippen LogP) is 1.31. The molecule has 1 heterocycles. The highest BCUT2D eigenvalue weighted by atomic mass is 16.5. The van der Waals surface area contributed by atoms with Gasteiger partial charge in [0.2, 0.25) is 5.91 Å². The molecule has 0 spiro atoms. The molecule has 0 radical (unpaired) electrons. The van der Waals surface area contributed by atoms with Crippen LogP contribution < -0.4 is 10.6 Å². The monoisotopic (exact) mass is 242 g/mol. The fraction of sp³-hybridized carbons (Fsp3) is 0.923. The Morgan fingerprint density at radius 2 is 2.24 bits per heavy atom. The molecule has 3 atom stereocenters. The van der Waals surface area contributed by atoms with Crippen molar-refractivity contribution in [1.82, 2.24) is 10.6 Å². The third-order valence-electron chi connectivity index (χ3n) is 3.39. The van der Waals surface area contributed by atoms with Crippen molar-refractivity contribution < 1.29 is 9.53 Å². The second kappa shape index (κ2) is 7.67. The summed E-state index contributed by atoms with van der Waals surface area (Å²) in [6.07, 6.45) is 3.24. The zero-order chi connectivity index (χ0) is 12.7. The average Bonchev–Trinajstić information content (AvgIpc) is 2.79. The van der Waals surface area contributed by atoms with E-state index in [1.165, 1.54) is 0 Å². The summed E-state index contributed by atoms with van der Waals surface area (Å²) in [5.41, 5.74) is 0. The van der Waals surface area contributed by atoms with E-state index in [-0.39, 0.29) is 11.9 Å². The zero-order valence-electron chi connectivity index (χ0n) is 11.3. The molecule has 1 fully saturated rings. The maximum Gasteiger partial charge on any atom is 0.234 e. The molecule has 2 N–H and O–H groups in total. The fourth-order valence-corrected chi connectivity index (χ4v) is 2.20. The van der Waals surface area contributed by atoms with E-state index in [1.54, 1.807) is 0 Å². The number of hydrogen-bond acceptors (Lipinski definition) is 3. The Kier molecular flexibility index (Phi) is 6.52. The molecule has 0 aromatic heterocycles. The van der Waals surface area contributed by atoms with Crippen LogP contribution in [0.2, 0.25) is 0 Å². The molecular formula is C13H26N2O2. The average molecular weight is 242 g/mol. The summed E-state index contributed by atoms with van der Waals surface area (Å²) in [6, 6.07) is 0.629. The van der Waals surface area contributed by atoms with E-state index in [0.29, 0.717) is 18.5 Å². The summed E-state index contributed by atoms with van der Waals surface area (Å²) in [7, 11) is 0. The number of amides is 1. The maximum absolute atomic E-state index is 11.6. The first-order valence-corrected chi connectivity index (χ1v) is 6.74. The number of hydrogen-bond donors (Lipinski definition) is 2. The summed E-state index contributed by atoms with van der Waals surface area (Å²) in [4.78, 5) is 11.6. The molecule has 0 aromatic carbocycles. The lowest BCUT2D eigenvalue weighted by Crippen LogP contribution is -2.43. The van der Waals surface area contributed by atoms with E-state index >= 15 is 0 Å². The minimum atomic E-state index is 0.0942. The molecule has 0 bridgehead atoms. The van der Waals surface area contributed by atoms with Crippen LogP contribution >= 0.6 is 0 Å². The zero-order valence-corrected chi connectivity index (χ0v) is 11.3. The Morgan fingerprint density at radius 3 is 2.82 bits per heavy atom. The first kappa shape index (κ1) is 14.5. The van der Waals surface area contributed by atoms with Crippen LogP contribution in [0.25, 0.3) is 0 Å². The van der Waals surface area contributed by atoms with Crippen LogP contribution in [0.3, 0.4) is 0 Å². The van der Waals surface area contributed by atoms with E-state index < -0.39 is 0 Å². The van der Waals surface area contributed by atoms with Gasteiger partial charge in [-0.2, -0.15) is 0 Å². The van der Waals surface area contributed by atoms with Crippen molar-refractivity contribution in [3.8, 4) is 0 Å². The molecule has 17 heavy (non-hydrogen) atoms. The highest BCUT2D eigenvalue weighted by molar-refractivity contribution is 5.78. The topological polar surface area (TPSA) is 50.4 Å². The number of ether oxygens (including phenoxy) is 1. The van der Waals surface area contributed by atoms with Crippen molar-refractivity contribution in [2.75, 3.05) is 19.8 Å². The van der Waals surface area contributed by atoms with E-state index in [1.807, 2.05) is 0 Å². The highest BCUT2D eigenvalue weighted by Gasteiger charge is 2.22. The van der Waals surface area contributed by atoms with Gasteiger partial charge in [-0.3, -0.25) is 4.79 Å². The summed E-state index contributed by atoms with van der Waals surface area (Å²) in [5, 5.41) is 6.27. The number of rotatable bonds is 7. The van der Waals surface area contributed by atoms with Crippen LogP contribution in [0.1, 0.15) is 40.0 Å². The quantitative estimate of drug-likeness (QED) is 0.707. The van der Waals surface area contributed by atoms with Gasteiger partial charge in [-0.05, 0) is 32.6 Å². The Hall–Kier alpha value is -0.610. The van der Waals surface area contributed by atoms with Crippen LogP contribution in [0, 0.1) is 5.92 Å². The van der Waals surface area contributed by atoms with Gasteiger partial charge in [-0.25, -0.2) is 0 Å². The minimum Gasteiger partial charge on any atom is -0.381 e. The van der Waals surface area contributed by atoms with Crippen molar-refractivity contribution >= 4 is 5.91 Å². The number of nitrogens with one attached hydrogen (secondary N) is 2. The summed E-state index contributed by atoms with van der Waals surface area (Å²) < 4.78 is 5.34. The normalized spacial score (nSPS) is 23.4. The first-order chi connectivity index (χ1) is 8.13. The van der Waals surface area contributed by atoms with Crippen LogP contribution in [0.15, 0.2) is 0 Å². The Bertz CT molecular complexity index is 227. The van der Waals surface area contributed by atoms with Crippen LogP contribution in [-0.4, -0.2) is 37.7 Å². The van der Waals surface area contributed by atoms with E-state index in [2.05, 4.69) is 31.4 Å². The smallest absolute Gasteiger partial charge is 0.234 e. The third kappa shape index (κ3) is 5.50. The van der Waals surface area contributed by atoms with Crippen LogP contribution in [0.5, 0.6) is 0 Å². The molecule has 1 aliphatic heterocycles. The molecule has 4 heteroatoms. The van der Waals surface area contributed by atoms with Gasteiger partial charge in [0.1, 0.15) is 0 Å². The van der Waals surface area contributed by atoms with E-state index in [9.17, 15) is 4.79 Å². The van der Waals surface area contributed by atoms with Crippen molar-refractivity contribution in [3.05, 3.63) is 0 Å². The first-order valence-electron chi connectivity index (χ1n) is 6.74. The molecule has 1 rings (SSSR count). The van der Waals surface area contributed by atoms with E-state index in [4.69, 9.17) is 4.74 Å². The van der Waals surface area contributed by atoms with Crippen molar-refractivity contribution in [2.45, 2.75) is 52.1 Å². The van der Waals surface area contributed by atoms with Crippen molar-refractivity contribution in [2.24, 2.45) is 5.92 Å².